The molecule has 1 aromatic heterocycles. The molecule has 1 amide bonds. The fraction of sp³-hybridized carbons (Fsp3) is 0.765. The molecule has 0 aromatic carbocycles. The molecule has 1 saturated heterocycles. The fourth-order valence-electron chi connectivity index (χ4n) is 3.53. The monoisotopic (exact) mass is 339 g/mol. The summed E-state index contributed by atoms with van der Waals surface area (Å²) in [6.07, 6.45) is 1.38. The van der Waals surface area contributed by atoms with Crippen LogP contribution in [0.2, 0.25) is 0 Å². The molecule has 6 nitrogen and oxygen atoms in total. The number of ether oxygens (including phenoxy) is 1. The normalized spacial score (nSPS) is 30.3. The van der Waals surface area contributed by atoms with Crippen molar-refractivity contribution in [3.8, 4) is 0 Å². The van der Waals surface area contributed by atoms with Crippen LogP contribution >= 0.6 is 0 Å². The minimum Gasteiger partial charge on any atom is -0.378 e. The highest BCUT2D eigenvalue weighted by molar-refractivity contribution is 5.79. The number of alkyl halides is 1. The van der Waals surface area contributed by atoms with E-state index in [0.29, 0.717) is 32.7 Å². The lowest BCUT2D eigenvalue weighted by atomic mass is 9.81. The number of aromatic nitrogens is 1. The van der Waals surface area contributed by atoms with Crippen LogP contribution in [0.3, 0.4) is 0 Å². The lowest BCUT2D eigenvalue weighted by Gasteiger charge is -2.34. The third-order valence-corrected chi connectivity index (χ3v) is 4.89. The fourth-order valence-corrected chi connectivity index (χ4v) is 3.53. The number of aryl methyl sites for hydroxylation is 1. The highest BCUT2D eigenvalue weighted by Gasteiger charge is 2.37. The van der Waals surface area contributed by atoms with Crippen LogP contribution < -0.4 is 5.32 Å². The van der Waals surface area contributed by atoms with Gasteiger partial charge < -0.3 is 14.6 Å². The highest BCUT2D eigenvalue weighted by Crippen LogP contribution is 2.30. The molecule has 24 heavy (non-hydrogen) atoms. The van der Waals surface area contributed by atoms with Gasteiger partial charge in [-0.15, -0.1) is 0 Å². The predicted octanol–water partition coefficient (Wildman–Crippen LogP) is 1.83. The molecule has 1 N–H and O–H groups in total. The van der Waals surface area contributed by atoms with Crippen molar-refractivity contribution in [3.05, 3.63) is 17.5 Å². The number of hydrogen-bond acceptors (Lipinski definition) is 5. The number of likely N-dealkylation sites (tertiary alicyclic amines) is 1. The summed E-state index contributed by atoms with van der Waals surface area (Å²) in [4.78, 5) is 14.2. The molecule has 3 rings (SSSR count). The molecule has 2 atom stereocenters. The van der Waals surface area contributed by atoms with Gasteiger partial charge in [0.25, 0.3) is 0 Å². The molecule has 1 aliphatic heterocycles. The second-order valence-electron chi connectivity index (χ2n) is 6.84. The van der Waals surface area contributed by atoms with Gasteiger partial charge in [0.15, 0.2) is 5.76 Å². The van der Waals surface area contributed by atoms with E-state index in [0.717, 1.165) is 24.3 Å². The Balaban J connectivity index is 1.45. The summed E-state index contributed by atoms with van der Waals surface area (Å²) in [7, 11) is 0. The Bertz CT molecular complexity index is 559. The van der Waals surface area contributed by atoms with Crippen molar-refractivity contribution in [3.63, 3.8) is 0 Å². The molecule has 2 aliphatic rings. The number of carbonyl (C=O) groups is 1. The van der Waals surface area contributed by atoms with E-state index in [4.69, 9.17) is 9.26 Å². The summed E-state index contributed by atoms with van der Waals surface area (Å²) in [5.41, 5.74) is 0.819. The first-order valence-corrected chi connectivity index (χ1v) is 8.74. The summed E-state index contributed by atoms with van der Waals surface area (Å²) in [6.45, 7) is 5.89. The van der Waals surface area contributed by atoms with Crippen LogP contribution in [0.25, 0.3) is 0 Å². The van der Waals surface area contributed by atoms with Crippen molar-refractivity contribution in [1.29, 1.82) is 0 Å². The average Bonchev–Trinajstić information content (AvgIpc) is 3.06. The van der Waals surface area contributed by atoms with E-state index in [1.54, 1.807) is 0 Å². The average molecular weight is 339 g/mol. The summed E-state index contributed by atoms with van der Waals surface area (Å²) < 4.78 is 24.5. The molecule has 2 heterocycles. The van der Waals surface area contributed by atoms with Gasteiger partial charge in [-0.05, 0) is 33.1 Å². The molecular weight excluding hydrogens is 313 g/mol. The van der Waals surface area contributed by atoms with Crippen molar-refractivity contribution in [2.75, 3.05) is 19.7 Å². The van der Waals surface area contributed by atoms with Crippen molar-refractivity contribution in [1.82, 2.24) is 15.4 Å². The molecule has 134 valence electrons. The van der Waals surface area contributed by atoms with Gasteiger partial charge >= 0.3 is 0 Å². The summed E-state index contributed by atoms with van der Waals surface area (Å²) in [5.74, 6) is 0.828. The van der Waals surface area contributed by atoms with Crippen LogP contribution in [0.4, 0.5) is 4.39 Å². The zero-order valence-electron chi connectivity index (χ0n) is 14.3. The number of amides is 1. The molecular formula is C17H26FN3O3. The minimum absolute atomic E-state index is 0.00267. The number of nitrogens with zero attached hydrogens (tertiary/aromatic N) is 2. The summed E-state index contributed by atoms with van der Waals surface area (Å²) >= 11 is 0. The van der Waals surface area contributed by atoms with Gasteiger partial charge in [0.1, 0.15) is 6.17 Å². The number of nitrogens with one attached hydrogen (secondary N) is 1. The van der Waals surface area contributed by atoms with Gasteiger partial charge in [-0.25, -0.2) is 4.39 Å². The maximum atomic E-state index is 13.8. The summed E-state index contributed by atoms with van der Waals surface area (Å²) in [5, 5.41) is 6.85. The molecule has 0 radical (unpaired) electrons. The summed E-state index contributed by atoms with van der Waals surface area (Å²) in [6, 6.07) is 1.86. The maximum absolute atomic E-state index is 13.8. The Morgan fingerprint density at radius 1 is 1.50 bits per heavy atom. The van der Waals surface area contributed by atoms with Crippen molar-refractivity contribution < 1.29 is 18.4 Å². The largest absolute Gasteiger partial charge is 0.378 e. The Morgan fingerprint density at radius 2 is 2.29 bits per heavy atom. The van der Waals surface area contributed by atoms with Crippen LogP contribution in [-0.2, 0) is 16.1 Å². The van der Waals surface area contributed by atoms with Gasteiger partial charge in [-0.2, -0.15) is 0 Å². The van der Waals surface area contributed by atoms with Crippen LogP contribution in [0.15, 0.2) is 10.6 Å². The van der Waals surface area contributed by atoms with E-state index < -0.39 is 6.17 Å². The standard InChI is InChI=1S/C17H26FN3O3/c1-3-23-15-5-12(6-15)17(22)19-8-14-7-13(18)9-21(14)10-16-4-11(2)20-24-16/h4,12-15H,3,5-10H2,1-2H3,(H,19,22)/t12?,13-,14-,15?/m0/s1. The molecule has 7 heteroatoms. The van der Waals surface area contributed by atoms with E-state index in [9.17, 15) is 9.18 Å². The number of hydrogen-bond donors (Lipinski definition) is 1. The Morgan fingerprint density at radius 3 is 2.96 bits per heavy atom. The molecule has 2 fully saturated rings. The van der Waals surface area contributed by atoms with Gasteiger partial charge in [0.05, 0.1) is 18.3 Å². The molecule has 1 aromatic rings. The first-order valence-electron chi connectivity index (χ1n) is 8.74. The predicted molar refractivity (Wildman–Crippen MR) is 86.1 cm³/mol. The first kappa shape index (κ1) is 17.4. The topological polar surface area (TPSA) is 67.6 Å². The van der Waals surface area contributed by atoms with Gasteiger partial charge in [0, 0.05) is 37.7 Å². The van der Waals surface area contributed by atoms with Crippen LogP contribution in [0.5, 0.6) is 0 Å². The molecule has 0 spiro atoms. The van der Waals surface area contributed by atoms with Crippen LogP contribution in [0.1, 0.15) is 37.6 Å². The SMILES string of the molecule is CCOC1CC(C(=O)NC[C@@H]2C[C@H](F)CN2Cc2cc(C)no2)C1. The van der Waals surface area contributed by atoms with Gasteiger partial charge in [0.2, 0.25) is 5.91 Å². The highest BCUT2D eigenvalue weighted by atomic mass is 19.1. The third kappa shape index (κ3) is 4.13. The third-order valence-electron chi connectivity index (χ3n) is 4.89. The number of halogens is 1. The zero-order valence-corrected chi connectivity index (χ0v) is 14.3. The number of carbonyl (C=O) groups excluding carboxylic acids is 1. The van der Waals surface area contributed by atoms with E-state index in [1.807, 2.05) is 24.8 Å². The lowest BCUT2D eigenvalue weighted by molar-refractivity contribution is -0.133. The van der Waals surface area contributed by atoms with Crippen LogP contribution in [-0.4, -0.2) is 54.0 Å². The van der Waals surface area contributed by atoms with E-state index in [1.165, 1.54) is 0 Å². The minimum atomic E-state index is -0.859. The van der Waals surface area contributed by atoms with E-state index >= 15 is 0 Å². The van der Waals surface area contributed by atoms with Crippen molar-refractivity contribution in [2.45, 2.75) is 58.0 Å². The van der Waals surface area contributed by atoms with E-state index in [-0.39, 0.29) is 24.0 Å². The Labute approximate surface area is 141 Å². The zero-order chi connectivity index (χ0) is 17.1. The quantitative estimate of drug-likeness (QED) is 0.821. The second kappa shape index (κ2) is 7.61. The van der Waals surface area contributed by atoms with E-state index in [2.05, 4.69) is 10.5 Å². The Kier molecular flexibility index (Phi) is 5.50. The second-order valence-corrected chi connectivity index (χ2v) is 6.84. The van der Waals surface area contributed by atoms with Crippen LogP contribution in [0, 0.1) is 12.8 Å². The molecule has 1 saturated carbocycles. The smallest absolute Gasteiger partial charge is 0.223 e. The maximum Gasteiger partial charge on any atom is 0.223 e. The van der Waals surface area contributed by atoms with Crippen molar-refractivity contribution in [2.24, 2.45) is 5.92 Å². The molecule has 0 bridgehead atoms. The first-order chi connectivity index (χ1) is 11.5. The van der Waals surface area contributed by atoms with Gasteiger partial charge in [-0.1, -0.05) is 5.16 Å². The Hall–Kier alpha value is -1.47. The molecule has 0 unspecified atom stereocenters. The van der Waals surface area contributed by atoms with Gasteiger partial charge in [-0.3, -0.25) is 9.69 Å². The lowest BCUT2D eigenvalue weighted by Crippen LogP contribution is -2.46. The van der Waals surface area contributed by atoms with Crippen molar-refractivity contribution >= 4 is 5.91 Å². The molecule has 1 aliphatic carbocycles. The number of rotatable bonds is 7.